The second-order valence-corrected chi connectivity index (χ2v) is 7.35. The highest BCUT2D eigenvalue weighted by atomic mass is 35.5. The van der Waals surface area contributed by atoms with E-state index in [1.165, 1.54) is 25.3 Å². The zero-order valence-electron chi connectivity index (χ0n) is 17.2. The first-order valence-electron chi connectivity index (χ1n) is 9.85. The fourth-order valence-electron chi connectivity index (χ4n) is 3.28. The number of carbonyl (C=O) groups excluding carboxylic acids is 2. The van der Waals surface area contributed by atoms with E-state index < -0.39 is 5.97 Å². The Kier molecular flexibility index (Phi) is 6.37. The summed E-state index contributed by atoms with van der Waals surface area (Å²) in [5.74, 6) is 0.484. The quantitative estimate of drug-likeness (QED) is 0.414. The first-order chi connectivity index (χ1) is 15.5. The van der Waals surface area contributed by atoms with Crippen LogP contribution in [-0.4, -0.2) is 28.5 Å². The van der Waals surface area contributed by atoms with Gasteiger partial charge >= 0.3 is 5.97 Å². The fourth-order valence-corrected chi connectivity index (χ4v) is 3.44. The second-order valence-electron chi connectivity index (χ2n) is 6.94. The molecule has 1 amide bonds. The van der Waals surface area contributed by atoms with Crippen molar-refractivity contribution in [3.8, 4) is 5.75 Å². The molecule has 8 heteroatoms. The van der Waals surface area contributed by atoms with Gasteiger partial charge in [0.2, 0.25) is 5.91 Å². The van der Waals surface area contributed by atoms with E-state index in [0.29, 0.717) is 22.3 Å². The summed E-state index contributed by atoms with van der Waals surface area (Å²) in [7, 11) is 1.29. The van der Waals surface area contributed by atoms with Crippen molar-refractivity contribution in [3.63, 3.8) is 0 Å². The van der Waals surface area contributed by atoms with Crippen LogP contribution in [0.3, 0.4) is 0 Å². The highest BCUT2D eigenvalue weighted by Crippen LogP contribution is 2.24. The van der Waals surface area contributed by atoms with Crippen LogP contribution >= 0.6 is 11.6 Å². The summed E-state index contributed by atoms with van der Waals surface area (Å²) in [6.45, 7) is 0.192. The zero-order chi connectivity index (χ0) is 22.5. The Bertz CT molecular complexity index is 1270. The third-order valence-electron chi connectivity index (χ3n) is 4.81. The van der Waals surface area contributed by atoms with E-state index in [4.69, 9.17) is 21.1 Å². The average Bonchev–Trinajstić information content (AvgIpc) is 3.16. The molecule has 4 rings (SSSR count). The van der Waals surface area contributed by atoms with Gasteiger partial charge in [-0.25, -0.2) is 9.78 Å². The van der Waals surface area contributed by atoms with Crippen LogP contribution in [0.4, 0.5) is 5.69 Å². The summed E-state index contributed by atoms with van der Waals surface area (Å²) < 4.78 is 12.4. The molecule has 162 valence electrons. The lowest BCUT2D eigenvalue weighted by Crippen LogP contribution is -2.21. The Labute approximate surface area is 189 Å². The van der Waals surface area contributed by atoms with E-state index in [2.05, 4.69) is 10.3 Å². The highest BCUT2D eigenvalue weighted by Gasteiger charge is 2.16. The summed E-state index contributed by atoms with van der Waals surface area (Å²) in [5.41, 5.74) is 2.18. The molecule has 0 saturated heterocycles. The Morgan fingerprint density at radius 3 is 2.56 bits per heavy atom. The van der Waals surface area contributed by atoms with E-state index >= 15 is 0 Å². The predicted octanol–water partition coefficient (Wildman–Crippen LogP) is 4.69. The zero-order valence-corrected chi connectivity index (χ0v) is 18.0. The molecule has 0 spiro atoms. The maximum Gasteiger partial charge on any atom is 0.337 e. The Hall–Kier alpha value is -3.84. The molecular formula is C24H20ClN3O4. The molecule has 0 fully saturated rings. The highest BCUT2D eigenvalue weighted by molar-refractivity contribution is 6.33. The Morgan fingerprint density at radius 1 is 1.03 bits per heavy atom. The Balaban J connectivity index is 1.57. The van der Waals surface area contributed by atoms with Gasteiger partial charge in [-0.15, -0.1) is 0 Å². The molecule has 0 aliphatic rings. The van der Waals surface area contributed by atoms with Gasteiger partial charge < -0.3 is 19.4 Å². The van der Waals surface area contributed by atoms with Crippen LogP contribution in [0, 0.1) is 0 Å². The number of hydrogen-bond acceptors (Lipinski definition) is 5. The number of nitrogens with one attached hydrogen (secondary N) is 1. The van der Waals surface area contributed by atoms with Crippen LogP contribution in [0.25, 0.3) is 11.0 Å². The van der Waals surface area contributed by atoms with Gasteiger partial charge in [0.15, 0.2) is 0 Å². The van der Waals surface area contributed by atoms with Crippen LogP contribution in [0.1, 0.15) is 16.2 Å². The topological polar surface area (TPSA) is 82.5 Å². The fraction of sp³-hybridized carbons (Fsp3) is 0.125. The monoisotopic (exact) mass is 449 g/mol. The standard InChI is InChI=1S/C24H20ClN3O4/c1-31-24(30)16-11-12-18(25)20(13-16)27-23(29)14-28-21-10-6-5-9-19(21)26-22(28)15-32-17-7-3-2-4-8-17/h2-13H,14-15H2,1H3,(H,27,29). The lowest BCUT2D eigenvalue weighted by molar-refractivity contribution is -0.116. The number of rotatable bonds is 7. The number of anilines is 1. The number of esters is 1. The third-order valence-corrected chi connectivity index (χ3v) is 5.14. The van der Waals surface area contributed by atoms with Crippen molar-refractivity contribution >= 4 is 40.2 Å². The van der Waals surface area contributed by atoms with Crippen LogP contribution in [0.5, 0.6) is 5.75 Å². The number of halogens is 1. The summed E-state index contributed by atoms with van der Waals surface area (Å²) >= 11 is 6.21. The van der Waals surface area contributed by atoms with Crippen molar-refractivity contribution < 1.29 is 19.1 Å². The van der Waals surface area contributed by atoms with Crippen molar-refractivity contribution in [1.82, 2.24) is 9.55 Å². The van der Waals surface area contributed by atoms with Gasteiger partial charge in [-0.2, -0.15) is 0 Å². The van der Waals surface area contributed by atoms with Crippen LogP contribution in [-0.2, 0) is 22.7 Å². The number of para-hydroxylation sites is 3. The number of imidazole rings is 1. The predicted molar refractivity (Wildman–Crippen MR) is 122 cm³/mol. The van der Waals surface area contributed by atoms with E-state index in [1.807, 2.05) is 54.6 Å². The van der Waals surface area contributed by atoms with Gasteiger partial charge in [0.25, 0.3) is 0 Å². The van der Waals surface area contributed by atoms with Crippen LogP contribution in [0.2, 0.25) is 5.02 Å². The van der Waals surface area contributed by atoms with Crippen molar-refractivity contribution in [3.05, 3.63) is 89.2 Å². The SMILES string of the molecule is COC(=O)c1ccc(Cl)c(NC(=O)Cn2c(COc3ccccc3)nc3ccccc32)c1. The van der Waals surface area contributed by atoms with Crippen LogP contribution < -0.4 is 10.1 Å². The first kappa shape index (κ1) is 21.4. The van der Waals surface area contributed by atoms with E-state index in [9.17, 15) is 9.59 Å². The lowest BCUT2D eigenvalue weighted by atomic mass is 10.2. The normalized spacial score (nSPS) is 10.7. The molecule has 0 aliphatic heterocycles. The van der Waals surface area contributed by atoms with Gasteiger partial charge in [0, 0.05) is 0 Å². The molecule has 0 aliphatic carbocycles. The number of amides is 1. The molecule has 0 radical (unpaired) electrons. The van der Waals surface area contributed by atoms with E-state index in [0.717, 1.165) is 11.0 Å². The molecule has 0 bridgehead atoms. The van der Waals surface area contributed by atoms with Gasteiger partial charge in [-0.05, 0) is 42.5 Å². The number of carbonyl (C=O) groups is 2. The molecule has 1 N–H and O–H groups in total. The average molecular weight is 450 g/mol. The van der Waals surface area contributed by atoms with Crippen molar-refractivity contribution in [2.45, 2.75) is 13.2 Å². The number of ether oxygens (including phenoxy) is 2. The maximum atomic E-state index is 12.9. The second kappa shape index (κ2) is 9.53. The third kappa shape index (κ3) is 4.73. The Morgan fingerprint density at radius 2 is 1.78 bits per heavy atom. The minimum atomic E-state index is -0.516. The number of aromatic nitrogens is 2. The molecule has 7 nitrogen and oxygen atoms in total. The summed E-state index contributed by atoms with van der Waals surface area (Å²) in [4.78, 5) is 29.3. The van der Waals surface area contributed by atoms with E-state index in [1.54, 1.807) is 4.57 Å². The molecule has 0 unspecified atom stereocenters. The molecule has 1 heterocycles. The molecule has 1 aromatic heterocycles. The van der Waals surface area contributed by atoms with Crippen molar-refractivity contribution in [2.75, 3.05) is 12.4 Å². The van der Waals surface area contributed by atoms with Gasteiger partial charge in [0.1, 0.15) is 24.7 Å². The van der Waals surface area contributed by atoms with Crippen molar-refractivity contribution in [2.24, 2.45) is 0 Å². The maximum absolute atomic E-state index is 12.9. The smallest absolute Gasteiger partial charge is 0.337 e. The number of nitrogens with zero attached hydrogens (tertiary/aromatic N) is 2. The molecule has 3 aromatic carbocycles. The number of methoxy groups -OCH3 is 1. The van der Waals surface area contributed by atoms with Gasteiger partial charge in [-0.1, -0.05) is 41.9 Å². The number of fused-ring (bicyclic) bond motifs is 1. The lowest BCUT2D eigenvalue weighted by Gasteiger charge is -2.12. The first-order valence-corrected chi connectivity index (χ1v) is 10.2. The minimum absolute atomic E-state index is 0.00717. The minimum Gasteiger partial charge on any atom is -0.486 e. The van der Waals surface area contributed by atoms with Crippen molar-refractivity contribution in [1.29, 1.82) is 0 Å². The molecule has 32 heavy (non-hydrogen) atoms. The summed E-state index contributed by atoms with van der Waals surface area (Å²) in [6, 6.07) is 21.5. The number of benzene rings is 3. The molecule has 0 saturated carbocycles. The molecule has 4 aromatic rings. The van der Waals surface area contributed by atoms with E-state index in [-0.39, 0.29) is 24.6 Å². The van der Waals surface area contributed by atoms with Gasteiger partial charge in [-0.3, -0.25) is 4.79 Å². The number of hydrogen-bond donors (Lipinski definition) is 1. The van der Waals surface area contributed by atoms with Gasteiger partial charge in [0.05, 0.1) is 34.4 Å². The van der Waals surface area contributed by atoms with Crippen LogP contribution in [0.15, 0.2) is 72.8 Å². The molecular weight excluding hydrogens is 430 g/mol. The summed E-state index contributed by atoms with van der Waals surface area (Å²) in [5, 5.41) is 3.08. The summed E-state index contributed by atoms with van der Waals surface area (Å²) in [6.07, 6.45) is 0. The molecule has 0 atom stereocenters. The largest absolute Gasteiger partial charge is 0.486 e.